The van der Waals surface area contributed by atoms with Gasteiger partial charge in [-0.1, -0.05) is 0 Å². The van der Waals surface area contributed by atoms with E-state index in [-0.39, 0.29) is 17.9 Å². The predicted molar refractivity (Wildman–Crippen MR) is 75.9 cm³/mol. The van der Waals surface area contributed by atoms with Crippen LogP contribution in [0, 0.1) is 0 Å². The number of hydrogen-bond acceptors (Lipinski definition) is 4. The minimum atomic E-state index is -3.12. The van der Waals surface area contributed by atoms with Gasteiger partial charge in [0.05, 0.1) is 5.75 Å². The van der Waals surface area contributed by atoms with E-state index in [1.807, 2.05) is 20.8 Å². The maximum absolute atomic E-state index is 12.1. The molecule has 2 aliphatic rings. The number of hydrogen-bond donors (Lipinski definition) is 0. The molecule has 0 spiro atoms. The highest BCUT2D eigenvalue weighted by Crippen LogP contribution is 2.24. The first-order chi connectivity index (χ1) is 9.19. The van der Waals surface area contributed by atoms with Crippen molar-refractivity contribution in [2.45, 2.75) is 51.7 Å². The topological polar surface area (TPSA) is 66.9 Å². The molecule has 2 rings (SSSR count). The average Bonchev–Trinajstić information content (AvgIpc) is 2.67. The van der Waals surface area contributed by atoms with Crippen LogP contribution in [0.4, 0.5) is 4.79 Å². The quantitative estimate of drug-likeness (QED) is 0.735. The van der Waals surface area contributed by atoms with Gasteiger partial charge in [0.2, 0.25) is 10.0 Å². The first-order valence-corrected chi connectivity index (χ1v) is 8.77. The highest BCUT2D eigenvalue weighted by atomic mass is 32.2. The van der Waals surface area contributed by atoms with Crippen LogP contribution in [0.5, 0.6) is 0 Å². The van der Waals surface area contributed by atoms with E-state index in [2.05, 4.69) is 0 Å². The van der Waals surface area contributed by atoms with E-state index >= 15 is 0 Å². The van der Waals surface area contributed by atoms with E-state index in [0.717, 1.165) is 12.8 Å². The Morgan fingerprint density at radius 1 is 1.20 bits per heavy atom. The summed E-state index contributed by atoms with van der Waals surface area (Å²) in [5.41, 5.74) is -0.524. The van der Waals surface area contributed by atoms with E-state index in [9.17, 15) is 13.2 Å². The molecule has 116 valence electrons. The molecule has 20 heavy (non-hydrogen) atoms. The molecule has 1 atom stereocenters. The first kappa shape index (κ1) is 15.6. The van der Waals surface area contributed by atoms with Gasteiger partial charge in [-0.3, -0.25) is 0 Å². The molecule has 0 aliphatic carbocycles. The maximum atomic E-state index is 12.1. The standard InChI is InChI=1S/C13H24N2O4S/c1-13(2,3)19-12(16)14-7-4-6-11(10-14)15-8-5-9-20(15,17)18/h11H,4-10H2,1-3H3. The normalized spacial score (nSPS) is 27.6. The number of rotatable bonds is 1. The summed E-state index contributed by atoms with van der Waals surface area (Å²) in [5, 5.41) is 0. The van der Waals surface area contributed by atoms with Crippen molar-refractivity contribution in [3.05, 3.63) is 0 Å². The van der Waals surface area contributed by atoms with Crippen LogP contribution in [-0.2, 0) is 14.8 Å². The highest BCUT2D eigenvalue weighted by Gasteiger charge is 2.38. The zero-order chi connectivity index (χ0) is 15.0. The number of carbonyl (C=O) groups excluding carboxylic acids is 1. The van der Waals surface area contributed by atoms with Crippen molar-refractivity contribution in [1.29, 1.82) is 0 Å². The fourth-order valence-electron chi connectivity index (χ4n) is 2.75. The molecular weight excluding hydrogens is 280 g/mol. The second kappa shape index (κ2) is 5.52. The van der Waals surface area contributed by atoms with Gasteiger partial charge in [0.15, 0.2) is 0 Å². The number of piperidine rings is 1. The van der Waals surface area contributed by atoms with Gasteiger partial charge in [0.1, 0.15) is 5.60 Å². The molecule has 0 aromatic rings. The van der Waals surface area contributed by atoms with Crippen LogP contribution in [0.25, 0.3) is 0 Å². The van der Waals surface area contributed by atoms with Gasteiger partial charge in [-0.05, 0) is 40.0 Å². The lowest BCUT2D eigenvalue weighted by molar-refractivity contribution is 0.0158. The summed E-state index contributed by atoms with van der Waals surface area (Å²) in [6.07, 6.45) is 1.97. The lowest BCUT2D eigenvalue weighted by Crippen LogP contribution is -2.51. The third-order valence-corrected chi connectivity index (χ3v) is 5.59. The molecule has 1 amide bonds. The van der Waals surface area contributed by atoms with E-state index in [1.165, 1.54) is 0 Å². The largest absolute Gasteiger partial charge is 0.444 e. The maximum Gasteiger partial charge on any atom is 0.410 e. The molecule has 0 radical (unpaired) electrons. The zero-order valence-electron chi connectivity index (χ0n) is 12.5. The summed E-state index contributed by atoms with van der Waals surface area (Å²) in [7, 11) is -3.12. The fourth-order valence-corrected chi connectivity index (χ4v) is 4.51. The molecule has 6 nitrogen and oxygen atoms in total. The van der Waals surface area contributed by atoms with Gasteiger partial charge in [0, 0.05) is 25.7 Å². The lowest BCUT2D eigenvalue weighted by Gasteiger charge is -2.37. The van der Waals surface area contributed by atoms with Gasteiger partial charge < -0.3 is 9.64 Å². The highest BCUT2D eigenvalue weighted by molar-refractivity contribution is 7.89. The van der Waals surface area contributed by atoms with Crippen molar-refractivity contribution in [2.75, 3.05) is 25.4 Å². The van der Waals surface area contributed by atoms with Gasteiger partial charge >= 0.3 is 6.09 Å². The van der Waals surface area contributed by atoms with Crippen molar-refractivity contribution in [3.8, 4) is 0 Å². The summed E-state index contributed by atoms with van der Waals surface area (Å²) in [5.74, 6) is 0.232. The average molecular weight is 304 g/mol. The van der Waals surface area contributed by atoms with Crippen LogP contribution in [0.2, 0.25) is 0 Å². The summed E-state index contributed by atoms with van der Waals surface area (Å²) in [4.78, 5) is 13.7. The molecule has 0 N–H and O–H groups in total. The molecule has 0 bridgehead atoms. The summed E-state index contributed by atoms with van der Waals surface area (Å²) < 4.78 is 30.8. The van der Waals surface area contributed by atoms with Crippen molar-refractivity contribution >= 4 is 16.1 Å². The third kappa shape index (κ3) is 3.63. The molecule has 2 fully saturated rings. The van der Waals surface area contributed by atoms with Crippen LogP contribution in [-0.4, -0.2) is 60.7 Å². The minimum absolute atomic E-state index is 0.0937. The van der Waals surface area contributed by atoms with Crippen LogP contribution in [0.15, 0.2) is 0 Å². The Bertz CT molecular complexity index is 469. The number of carbonyl (C=O) groups is 1. The number of nitrogens with zero attached hydrogens (tertiary/aromatic N) is 2. The number of ether oxygens (including phenoxy) is 1. The van der Waals surface area contributed by atoms with E-state index < -0.39 is 15.6 Å². The second-order valence-electron chi connectivity index (χ2n) is 6.50. The second-order valence-corrected chi connectivity index (χ2v) is 8.54. The molecule has 0 aromatic heterocycles. The molecule has 2 saturated heterocycles. The molecular formula is C13H24N2O4S. The zero-order valence-corrected chi connectivity index (χ0v) is 13.3. The van der Waals surface area contributed by atoms with Crippen LogP contribution < -0.4 is 0 Å². The number of likely N-dealkylation sites (tertiary alicyclic amines) is 1. The van der Waals surface area contributed by atoms with E-state index in [4.69, 9.17) is 4.74 Å². The molecule has 2 aliphatic heterocycles. The van der Waals surface area contributed by atoms with Crippen LogP contribution >= 0.6 is 0 Å². The molecule has 0 aromatic carbocycles. The van der Waals surface area contributed by atoms with Crippen molar-refractivity contribution in [1.82, 2.24) is 9.21 Å². The molecule has 0 saturated carbocycles. The summed E-state index contributed by atoms with van der Waals surface area (Å²) in [6.45, 7) is 7.15. The van der Waals surface area contributed by atoms with Crippen LogP contribution in [0.1, 0.15) is 40.0 Å². The van der Waals surface area contributed by atoms with E-state index in [1.54, 1.807) is 9.21 Å². The van der Waals surface area contributed by atoms with E-state index in [0.29, 0.717) is 26.1 Å². The Morgan fingerprint density at radius 3 is 2.45 bits per heavy atom. The molecule has 7 heteroatoms. The first-order valence-electron chi connectivity index (χ1n) is 7.16. The number of sulfonamides is 1. The SMILES string of the molecule is CC(C)(C)OC(=O)N1CCCC(N2CCCS2(=O)=O)C1. The lowest BCUT2D eigenvalue weighted by atomic mass is 10.1. The predicted octanol–water partition coefficient (Wildman–Crippen LogP) is 1.42. The smallest absolute Gasteiger partial charge is 0.410 e. The molecule has 2 heterocycles. The Balaban J connectivity index is 2.00. The Morgan fingerprint density at radius 2 is 1.90 bits per heavy atom. The summed E-state index contributed by atoms with van der Waals surface area (Å²) >= 11 is 0. The van der Waals surface area contributed by atoms with Gasteiger partial charge in [0.25, 0.3) is 0 Å². The molecule has 1 unspecified atom stereocenters. The fraction of sp³-hybridized carbons (Fsp3) is 0.923. The number of amides is 1. The monoisotopic (exact) mass is 304 g/mol. The van der Waals surface area contributed by atoms with Crippen molar-refractivity contribution < 1.29 is 17.9 Å². The Labute approximate surface area is 121 Å². The van der Waals surface area contributed by atoms with Gasteiger partial charge in [-0.25, -0.2) is 13.2 Å². The Hall–Kier alpha value is -0.820. The third-order valence-electron chi connectivity index (χ3n) is 3.59. The van der Waals surface area contributed by atoms with Gasteiger partial charge in [-0.2, -0.15) is 4.31 Å². The van der Waals surface area contributed by atoms with Crippen molar-refractivity contribution in [3.63, 3.8) is 0 Å². The minimum Gasteiger partial charge on any atom is -0.444 e. The van der Waals surface area contributed by atoms with Gasteiger partial charge in [-0.15, -0.1) is 0 Å². The summed E-state index contributed by atoms with van der Waals surface area (Å²) in [6, 6.07) is -0.0937. The van der Waals surface area contributed by atoms with Crippen LogP contribution in [0.3, 0.4) is 0 Å². The Kier molecular flexibility index (Phi) is 4.30. The van der Waals surface area contributed by atoms with Crippen molar-refractivity contribution in [2.24, 2.45) is 0 Å².